The minimum absolute atomic E-state index is 0.392. The summed E-state index contributed by atoms with van der Waals surface area (Å²) in [5.41, 5.74) is 0.819. The van der Waals surface area contributed by atoms with Crippen LogP contribution < -0.4 is 0 Å². The van der Waals surface area contributed by atoms with Gasteiger partial charge in [0.15, 0.2) is 0 Å². The molecule has 0 bridgehead atoms. The molecule has 0 spiro atoms. The second-order valence-corrected chi connectivity index (χ2v) is 2.74. The van der Waals surface area contributed by atoms with Gasteiger partial charge in [0.1, 0.15) is 0 Å². The van der Waals surface area contributed by atoms with E-state index in [1.165, 1.54) is 0 Å². The number of likely N-dealkylation sites (tertiary alicyclic amines) is 1. The van der Waals surface area contributed by atoms with Crippen molar-refractivity contribution in [3.63, 3.8) is 0 Å². The molecule has 0 N–H and O–H groups in total. The van der Waals surface area contributed by atoms with Crippen LogP contribution >= 0.6 is 0 Å². The van der Waals surface area contributed by atoms with Gasteiger partial charge in [-0.25, -0.2) is 0 Å². The zero-order chi connectivity index (χ0) is 8.97. The third kappa shape index (κ3) is 2.08. The summed E-state index contributed by atoms with van der Waals surface area (Å²) in [4.78, 5) is 11.8. The van der Waals surface area contributed by atoms with Crippen LogP contribution in [0.2, 0.25) is 0 Å². The summed E-state index contributed by atoms with van der Waals surface area (Å²) in [5.74, 6) is 0. The van der Waals surface area contributed by atoms with Crippen LogP contribution in [-0.4, -0.2) is 22.9 Å². The minimum atomic E-state index is -0.392. The second kappa shape index (κ2) is 3.90. The van der Waals surface area contributed by atoms with Crippen molar-refractivity contribution in [2.24, 2.45) is 0 Å². The zero-order valence-corrected chi connectivity index (χ0v) is 6.90. The monoisotopic (exact) mass is 168 g/mol. The molecule has 1 saturated heterocycles. The topological polar surface area (TPSA) is 46.4 Å². The molecule has 0 saturated carbocycles. The Labute approximate surface area is 71.3 Å². The highest BCUT2D eigenvalue weighted by molar-refractivity contribution is 5.03. The van der Waals surface area contributed by atoms with Gasteiger partial charge in [-0.15, -0.1) is 6.58 Å². The maximum Gasteiger partial charge on any atom is 0.253 e. The van der Waals surface area contributed by atoms with Gasteiger partial charge in [-0.3, -0.25) is 10.1 Å². The van der Waals surface area contributed by atoms with E-state index in [0.29, 0.717) is 6.54 Å². The molecule has 1 fully saturated rings. The van der Waals surface area contributed by atoms with Crippen molar-refractivity contribution >= 4 is 0 Å². The molecule has 0 aromatic rings. The molecule has 0 amide bonds. The van der Waals surface area contributed by atoms with Crippen molar-refractivity contribution in [3.05, 3.63) is 34.7 Å². The van der Waals surface area contributed by atoms with E-state index in [1.54, 1.807) is 6.08 Å². The first kappa shape index (κ1) is 8.77. The standard InChI is InChI=1S/C8H12N2O2/c1-2-5-9-6-3-4-8(9)7-10(11)12/h2,7H,1,3-6H2/b8-7-. The quantitative estimate of drug-likeness (QED) is 0.363. The zero-order valence-electron chi connectivity index (χ0n) is 6.90. The van der Waals surface area contributed by atoms with Crippen LogP contribution in [0.5, 0.6) is 0 Å². The summed E-state index contributed by atoms with van der Waals surface area (Å²) in [6.45, 7) is 5.22. The van der Waals surface area contributed by atoms with E-state index in [0.717, 1.165) is 31.3 Å². The molecule has 12 heavy (non-hydrogen) atoms. The Morgan fingerprint density at radius 1 is 1.75 bits per heavy atom. The summed E-state index contributed by atoms with van der Waals surface area (Å²) in [6.07, 6.45) is 4.68. The van der Waals surface area contributed by atoms with Gasteiger partial charge < -0.3 is 4.90 Å². The molecule has 1 rings (SSSR count). The van der Waals surface area contributed by atoms with Crippen LogP contribution in [0.15, 0.2) is 24.6 Å². The van der Waals surface area contributed by atoms with Crippen LogP contribution in [0.4, 0.5) is 0 Å². The lowest BCUT2D eigenvalue weighted by atomic mass is 10.3. The van der Waals surface area contributed by atoms with E-state index < -0.39 is 4.92 Å². The SMILES string of the molecule is C=CCN1CCC/C1=C/[N+](=O)[O-]. The summed E-state index contributed by atoms with van der Waals surface area (Å²) in [6, 6.07) is 0. The molecule has 1 aliphatic heterocycles. The highest BCUT2D eigenvalue weighted by Gasteiger charge is 2.17. The van der Waals surface area contributed by atoms with E-state index in [2.05, 4.69) is 6.58 Å². The summed E-state index contributed by atoms with van der Waals surface area (Å²) >= 11 is 0. The van der Waals surface area contributed by atoms with E-state index >= 15 is 0 Å². The summed E-state index contributed by atoms with van der Waals surface area (Å²) in [5, 5.41) is 10.2. The smallest absolute Gasteiger partial charge is 0.253 e. The van der Waals surface area contributed by atoms with Crippen molar-refractivity contribution < 1.29 is 4.92 Å². The van der Waals surface area contributed by atoms with Crippen LogP contribution in [0.1, 0.15) is 12.8 Å². The number of allylic oxidation sites excluding steroid dienone is 1. The third-order valence-corrected chi connectivity index (χ3v) is 1.87. The van der Waals surface area contributed by atoms with Crippen LogP contribution in [-0.2, 0) is 0 Å². The van der Waals surface area contributed by atoms with Gasteiger partial charge in [0, 0.05) is 13.1 Å². The molecule has 4 nitrogen and oxygen atoms in total. The van der Waals surface area contributed by atoms with Gasteiger partial charge in [-0.2, -0.15) is 0 Å². The Kier molecular flexibility index (Phi) is 2.85. The van der Waals surface area contributed by atoms with Crippen LogP contribution in [0.25, 0.3) is 0 Å². The minimum Gasteiger partial charge on any atom is -0.366 e. The molecule has 4 heteroatoms. The van der Waals surface area contributed by atoms with Gasteiger partial charge in [0.25, 0.3) is 6.20 Å². The lowest BCUT2D eigenvalue weighted by Gasteiger charge is -2.14. The fraction of sp³-hybridized carbons (Fsp3) is 0.500. The maximum atomic E-state index is 10.2. The van der Waals surface area contributed by atoms with Crippen LogP contribution in [0.3, 0.4) is 0 Å². The predicted molar refractivity (Wildman–Crippen MR) is 46.1 cm³/mol. The highest BCUT2D eigenvalue weighted by Crippen LogP contribution is 2.19. The largest absolute Gasteiger partial charge is 0.366 e. The molecule has 0 radical (unpaired) electrons. The highest BCUT2D eigenvalue weighted by atomic mass is 16.6. The van der Waals surface area contributed by atoms with Gasteiger partial charge in [-0.1, -0.05) is 6.08 Å². The molecule has 66 valence electrons. The van der Waals surface area contributed by atoms with Crippen molar-refractivity contribution in [1.82, 2.24) is 4.90 Å². The molecule has 1 aliphatic rings. The van der Waals surface area contributed by atoms with Gasteiger partial charge in [0.05, 0.1) is 10.6 Å². The van der Waals surface area contributed by atoms with Gasteiger partial charge in [0.2, 0.25) is 0 Å². The molecule has 0 aromatic carbocycles. The predicted octanol–water partition coefficient (Wildman–Crippen LogP) is 1.39. The summed E-state index contributed by atoms with van der Waals surface area (Å²) < 4.78 is 0. The number of hydrogen-bond donors (Lipinski definition) is 0. The normalized spacial score (nSPS) is 20.0. The Morgan fingerprint density at radius 2 is 2.50 bits per heavy atom. The van der Waals surface area contributed by atoms with Gasteiger partial charge >= 0.3 is 0 Å². The lowest BCUT2D eigenvalue weighted by molar-refractivity contribution is -0.404. The average Bonchev–Trinajstić information content (AvgIpc) is 2.37. The van der Waals surface area contributed by atoms with Gasteiger partial charge in [-0.05, 0) is 12.8 Å². The van der Waals surface area contributed by atoms with Crippen molar-refractivity contribution in [2.75, 3.05) is 13.1 Å². The van der Waals surface area contributed by atoms with E-state index in [1.807, 2.05) is 4.90 Å². The Hall–Kier alpha value is -1.32. The maximum absolute atomic E-state index is 10.2. The van der Waals surface area contributed by atoms with Crippen LogP contribution in [0, 0.1) is 10.1 Å². The van der Waals surface area contributed by atoms with Crippen molar-refractivity contribution in [2.45, 2.75) is 12.8 Å². The van der Waals surface area contributed by atoms with Crippen molar-refractivity contribution in [1.29, 1.82) is 0 Å². The first-order valence-electron chi connectivity index (χ1n) is 3.94. The Bertz CT molecular complexity index is 223. The first-order valence-corrected chi connectivity index (χ1v) is 3.94. The fourth-order valence-corrected chi connectivity index (χ4v) is 1.39. The molecular formula is C8H12N2O2. The molecule has 0 atom stereocenters. The number of hydrogen-bond acceptors (Lipinski definition) is 3. The number of nitrogens with zero attached hydrogens (tertiary/aromatic N) is 2. The molecule has 0 aromatic heterocycles. The molecule has 0 aliphatic carbocycles. The van der Waals surface area contributed by atoms with E-state index in [-0.39, 0.29) is 0 Å². The molecule has 0 unspecified atom stereocenters. The van der Waals surface area contributed by atoms with E-state index in [4.69, 9.17) is 0 Å². The average molecular weight is 168 g/mol. The van der Waals surface area contributed by atoms with Crippen molar-refractivity contribution in [3.8, 4) is 0 Å². The number of nitro groups is 1. The molecular weight excluding hydrogens is 156 g/mol. The Morgan fingerprint density at radius 3 is 3.08 bits per heavy atom. The lowest BCUT2D eigenvalue weighted by Crippen LogP contribution is -2.17. The van der Waals surface area contributed by atoms with E-state index in [9.17, 15) is 10.1 Å². The molecule has 1 heterocycles. The second-order valence-electron chi connectivity index (χ2n) is 2.74. The number of rotatable bonds is 3. The first-order chi connectivity index (χ1) is 5.74. The third-order valence-electron chi connectivity index (χ3n) is 1.87. The summed E-state index contributed by atoms with van der Waals surface area (Å²) in [7, 11) is 0. The Balaban J connectivity index is 2.62. The fourth-order valence-electron chi connectivity index (χ4n) is 1.39.